The summed E-state index contributed by atoms with van der Waals surface area (Å²) in [6.07, 6.45) is 0. The molecule has 0 atom stereocenters. The molecule has 0 radical (unpaired) electrons. The van der Waals surface area contributed by atoms with E-state index in [1.165, 1.54) is 11.8 Å². The molecule has 0 unspecified atom stereocenters. The van der Waals surface area contributed by atoms with Gasteiger partial charge in [0.15, 0.2) is 0 Å². The van der Waals surface area contributed by atoms with Crippen LogP contribution in [0.25, 0.3) is 0 Å². The Labute approximate surface area is 109 Å². The Kier molecular flexibility index (Phi) is 3.76. The fourth-order valence-corrected chi connectivity index (χ4v) is 2.36. The van der Waals surface area contributed by atoms with Gasteiger partial charge in [0.2, 0.25) is 0 Å². The van der Waals surface area contributed by atoms with E-state index in [-0.39, 0.29) is 0 Å². The van der Waals surface area contributed by atoms with Gasteiger partial charge in [-0.2, -0.15) is 0 Å². The van der Waals surface area contributed by atoms with Gasteiger partial charge < -0.3 is 10.5 Å². The molecule has 0 spiro atoms. The molecule has 1 aromatic carbocycles. The lowest BCUT2D eigenvalue weighted by Gasteiger charge is -2.06. The SMILES string of the molecule is COc1cccc(Sc2nc(Cl)ccc2N)c1. The van der Waals surface area contributed by atoms with Gasteiger partial charge in [-0.1, -0.05) is 29.4 Å². The standard InChI is InChI=1S/C12H11ClN2OS/c1-16-8-3-2-4-9(7-8)17-12-10(14)5-6-11(13)15-12/h2-7H,14H2,1H3. The van der Waals surface area contributed by atoms with Crippen LogP contribution in [0.2, 0.25) is 5.15 Å². The van der Waals surface area contributed by atoms with Crippen LogP contribution in [0.4, 0.5) is 5.69 Å². The summed E-state index contributed by atoms with van der Waals surface area (Å²) in [6, 6.07) is 11.1. The van der Waals surface area contributed by atoms with E-state index in [9.17, 15) is 0 Å². The summed E-state index contributed by atoms with van der Waals surface area (Å²) in [5, 5.41) is 1.13. The van der Waals surface area contributed by atoms with E-state index < -0.39 is 0 Å². The van der Waals surface area contributed by atoms with Gasteiger partial charge in [0.05, 0.1) is 12.8 Å². The Morgan fingerprint density at radius 3 is 2.88 bits per heavy atom. The number of rotatable bonds is 3. The number of methoxy groups -OCH3 is 1. The van der Waals surface area contributed by atoms with Gasteiger partial charge in [0.1, 0.15) is 15.9 Å². The van der Waals surface area contributed by atoms with Gasteiger partial charge in [-0.05, 0) is 30.3 Å². The molecule has 3 nitrogen and oxygen atoms in total. The molecule has 2 rings (SSSR count). The van der Waals surface area contributed by atoms with Crippen molar-refractivity contribution >= 4 is 29.1 Å². The number of halogens is 1. The summed E-state index contributed by atoms with van der Waals surface area (Å²) in [6.45, 7) is 0. The second kappa shape index (κ2) is 5.29. The smallest absolute Gasteiger partial charge is 0.130 e. The average molecular weight is 267 g/mol. The Hall–Kier alpha value is -1.39. The Balaban J connectivity index is 2.27. The largest absolute Gasteiger partial charge is 0.497 e. The molecule has 2 N–H and O–H groups in total. The fraction of sp³-hybridized carbons (Fsp3) is 0.0833. The number of aromatic nitrogens is 1. The number of hydrogen-bond donors (Lipinski definition) is 1. The molecular formula is C12H11ClN2OS. The Morgan fingerprint density at radius 1 is 1.29 bits per heavy atom. The number of benzene rings is 1. The van der Waals surface area contributed by atoms with Crippen LogP contribution < -0.4 is 10.5 Å². The first-order valence-corrected chi connectivity index (χ1v) is 6.12. The number of nitrogens with two attached hydrogens (primary N) is 1. The predicted octanol–water partition coefficient (Wildman–Crippen LogP) is 3.48. The first-order valence-electron chi connectivity index (χ1n) is 4.93. The van der Waals surface area contributed by atoms with Crippen molar-refractivity contribution in [3.63, 3.8) is 0 Å². The minimum absolute atomic E-state index is 0.435. The van der Waals surface area contributed by atoms with Crippen molar-refractivity contribution in [3.05, 3.63) is 41.6 Å². The summed E-state index contributed by atoms with van der Waals surface area (Å²) in [4.78, 5) is 5.19. The van der Waals surface area contributed by atoms with Crippen molar-refractivity contribution in [2.45, 2.75) is 9.92 Å². The van der Waals surface area contributed by atoms with E-state index in [1.54, 1.807) is 19.2 Å². The highest BCUT2D eigenvalue weighted by molar-refractivity contribution is 7.99. The van der Waals surface area contributed by atoms with Crippen molar-refractivity contribution in [2.75, 3.05) is 12.8 Å². The van der Waals surface area contributed by atoms with Crippen LogP contribution in [0.5, 0.6) is 5.75 Å². The summed E-state index contributed by atoms with van der Waals surface area (Å²) in [5.41, 5.74) is 6.45. The van der Waals surface area contributed by atoms with E-state index in [2.05, 4.69) is 4.98 Å². The maximum Gasteiger partial charge on any atom is 0.130 e. The summed E-state index contributed by atoms with van der Waals surface area (Å²) in [5.74, 6) is 0.801. The third-order valence-corrected chi connectivity index (χ3v) is 3.33. The number of pyridine rings is 1. The van der Waals surface area contributed by atoms with E-state index in [4.69, 9.17) is 22.1 Å². The number of nitrogen functional groups attached to an aromatic ring is 1. The lowest BCUT2D eigenvalue weighted by Crippen LogP contribution is -1.91. The van der Waals surface area contributed by atoms with Crippen molar-refractivity contribution in [1.29, 1.82) is 0 Å². The number of ether oxygens (including phenoxy) is 1. The molecule has 2 aromatic rings. The van der Waals surface area contributed by atoms with Crippen LogP contribution in [-0.2, 0) is 0 Å². The Morgan fingerprint density at radius 2 is 2.12 bits per heavy atom. The van der Waals surface area contributed by atoms with E-state index >= 15 is 0 Å². The number of hydrogen-bond acceptors (Lipinski definition) is 4. The molecule has 0 saturated carbocycles. The minimum atomic E-state index is 0.435. The molecule has 0 amide bonds. The van der Waals surface area contributed by atoms with Crippen molar-refractivity contribution < 1.29 is 4.74 Å². The minimum Gasteiger partial charge on any atom is -0.497 e. The maximum absolute atomic E-state index is 5.84. The molecule has 0 bridgehead atoms. The molecule has 0 aliphatic heterocycles. The highest BCUT2D eigenvalue weighted by atomic mass is 35.5. The second-order valence-electron chi connectivity index (χ2n) is 3.31. The highest BCUT2D eigenvalue weighted by Gasteiger charge is 2.05. The topological polar surface area (TPSA) is 48.1 Å². The zero-order valence-corrected chi connectivity index (χ0v) is 10.8. The van der Waals surface area contributed by atoms with Gasteiger partial charge in [-0.3, -0.25) is 0 Å². The maximum atomic E-state index is 5.84. The molecular weight excluding hydrogens is 256 g/mol. The second-order valence-corrected chi connectivity index (χ2v) is 4.76. The first kappa shape index (κ1) is 12.1. The van der Waals surface area contributed by atoms with Gasteiger partial charge in [-0.25, -0.2) is 4.98 Å². The van der Waals surface area contributed by atoms with Crippen LogP contribution in [0, 0.1) is 0 Å². The zero-order valence-electron chi connectivity index (χ0n) is 9.18. The van der Waals surface area contributed by atoms with Gasteiger partial charge >= 0.3 is 0 Å². The number of nitrogens with zero attached hydrogens (tertiary/aromatic N) is 1. The van der Waals surface area contributed by atoms with Crippen molar-refractivity contribution in [3.8, 4) is 5.75 Å². The predicted molar refractivity (Wildman–Crippen MR) is 70.8 cm³/mol. The molecule has 5 heteroatoms. The molecule has 0 fully saturated rings. The lowest BCUT2D eigenvalue weighted by molar-refractivity contribution is 0.413. The lowest BCUT2D eigenvalue weighted by atomic mass is 10.3. The van der Waals surface area contributed by atoms with E-state index in [0.717, 1.165) is 10.6 Å². The summed E-state index contributed by atoms with van der Waals surface area (Å²) < 4.78 is 5.16. The summed E-state index contributed by atoms with van der Waals surface area (Å²) in [7, 11) is 1.63. The molecule has 88 valence electrons. The zero-order chi connectivity index (χ0) is 12.3. The van der Waals surface area contributed by atoms with Crippen molar-refractivity contribution in [1.82, 2.24) is 4.98 Å². The summed E-state index contributed by atoms with van der Waals surface area (Å²) >= 11 is 7.29. The van der Waals surface area contributed by atoms with E-state index in [0.29, 0.717) is 15.9 Å². The quantitative estimate of drug-likeness (QED) is 0.864. The molecule has 1 aromatic heterocycles. The molecule has 17 heavy (non-hydrogen) atoms. The average Bonchev–Trinajstić information content (AvgIpc) is 2.34. The first-order chi connectivity index (χ1) is 8.19. The van der Waals surface area contributed by atoms with Gasteiger partial charge in [0, 0.05) is 4.90 Å². The molecule has 1 heterocycles. The molecule has 0 aliphatic rings. The van der Waals surface area contributed by atoms with Crippen LogP contribution in [-0.4, -0.2) is 12.1 Å². The van der Waals surface area contributed by atoms with Gasteiger partial charge in [-0.15, -0.1) is 0 Å². The van der Waals surface area contributed by atoms with E-state index in [1.807, 2.05) is 24.3 Å². The molecule has 0 aliphatic carbocycles. The third-order valence-electron chi connectivity index (χ3n) is 2.11. The normalized spacial score (nSPS) is 10.2. The molecule has 0 saturated heterocycles. The Bertz CT molecular complexity index is 534. The number of anilines is 1. The van der Waals surface area contributed by atoms with Crippen LogP contribution in [0.15, 0.2) is 46.3 Å². The van der Waals surface area contributed by atoms with Crippen LogP contribution >= 0.6 is 23.4 Å². The third kappa shape index (κ3) is 3.05. The van der Waals surface area contributed by atoms with Crippen LogP contribution in [0.3, 0.4) is 0 Å². The monoisotopic (exact) mass is 266 g/mol. The van der Waals surface area contributed by atoms with Crippen molar-refractivity contribution in [2.24, 2.45) is 0 Å². The van der Waals surface area contributed by atoms with Crippen LogP contribution in [0.1, 0.15) is 0 Å². The van der Waals surface area contributed by atoms with Gasteiger partial charge in [0.25, 0.3) is 0 Å². The fourth-order valence-electron chi connectivity index (χ4n) is 1.29. The highest BCUT2D eigenvalue weighted by Crippen LogP contribution is 2.32.